The first kappa shape index (κ1) is 13.0. The van der Waals surface area contributed by atoms with Crippen molar-refractivity contribution >= 4 is 6.09 Å². The lowest BCUT2D eigenvalue weighted by atomic mass is 10.1. The van der Waals surface area contributed by atoms with Crippen LogP contribution in [0.3, 0.4) is 0 Å². The summed E-state index contributed by atoms with van der Waals surface area (Å²) in [5.74, 6) is 0. The van der Waals surface area contributed by atoms with E-state index in [1.807, 2.05) is 34.9 Å². The summed E-state index contributed by atoms with van der Waals surface area (Å²) in [6.45, 7) is 8.00. The van der Waals surface area contributed by atoms with Gasteiger partial charge in [-0.25, -0.2) is 4.79 Å². The number of ether oxygens (including phenoxy) is 1. The Morgan fingerprint density at radius 1 is 1.44 bits per heavy atom. The molecule has 92 valence electrons. The van der Waals surface area contributed by atoms with Crippen LogP contribution < -0.4 is 0 Å². The highest BCUT2D eigenvalue weighted by atomic mass is 16.6. The molecule has 4 nitrogen and oxygen atoms in total. The van der Waals surface area contributed by atoms with E-state index >= 15 is 0 Å². The van der Waals surface area contributed by atoms with Gasteiger partial charge in [-0.15, -0.1) is 0 Å². The number of likely N-dealkylation sites (tertiary alicyclic amines) is 1. The van der Waals surface area contributed by atoms with Gasteiger partial charge in [0.15, 0.2) is 0 Å². The number of nitrogens with zero attached hydrogens (tertiary/aromatic N) is 2. The van der Waals surface area contributed by atoms with Gasteiger partial charge in [-0.05, 0) is 40.4 Å². The van der Waals surface area contributed by atoms with E-state index in [0.29, 0.717) is 13.1 Å². The number of hydrogen-bond donors (Lipinski definition) is 0. The third-order valence-electron chi connectivity index (χ3n) is 2.18. The minimum atomic E-state index is -0.403. The van der Waals surface area contributed by atoms with E-state index in [1.54, 1.807) is 4.90 Å². The molecule has 0 aromatic heterocycles. The molecule has 1 saturated heterocycles. The Balaban J connectivity index is 2.30. The van der Waals surface area contributed by atoms with Crippen LogP contribution >= 0.6 is 0 Å². The van der Waals surface area contributed by atoms with Gasteiger partial charge < -0.3 is 14.5 Å². The lowest BCUT2D eigenvalue weighted by Gasteiger charge is -2.35. The Bertz CT molecular complexity index is 282. The second-order valence-electron chi connectivity index (χ2n) is 5.46. The molecule has 1 rings (SSSR count). The van der Waals surface area contributed by atoms with Gasteiger partial charge in [0.05, 0.1) is 0 Å². The van der Waals surface area contributed by atoms with E-state index in [1.165, 1.54) is 5.57 Å². The molecular formula is C12H22N2O2. The molecule has 0 N–H and O–H groups in total. The van der Waals surface area contributed by atoms with Crippen LogP contribution in [0.5, 0.6) is 0 Å². The van der Waals surface area contributed by atoms with Gasteiger partial charge in [0.1, 0.15) is 5.60 Å². The van der Waals surface area contributed by atoms with Gasteiger partial charge in [-0.1, -0.05) is 6.08 Å². The molecule has 0 unspecified atom stereocenters. The molecule has 1 heterocycles. The summed E-state index contributed by atoms with van der Waals surface area (Å²) in [6, 6.07) is 0. The van der Waals surface area contributed by atoms with Crippen LogP contribution in [0.1, 0.15) is 20.8 Å². The molecule has 16 heavy (non-hydrogen) atoms. The minimum Gasteiger partial charge on any atom is -0.444 e. The van der Waals surface area contributed by atoms with E-state index in [-0.39, 0.29) is 6.09 Å². The van der Waals surface area contributed by atoms with Crippen molar-refractivity contribution in [3.8, 4) is 0 Å². The van der Waals surface area contributed by atoms with Crippen molar-refractivity contribution in [1.82, 2.24) is 9.80 Å². The second kappa shape index (κ2) is 4.87. The van der Waals surface area contributed by atoms with Crippen LogP contribution in [-0.4, -0.2) is 55.2 Å². The van der Waals surface area contributed by atoms with Gasteiger partial charge in [-0.2, -0.15) is 0 Å². The highest BCUT2D eigenvalue weighted by Gasteiger charge is 2.29. The molecule has 0 aromatic carbocycles. The van der Waals surface area contributed by atoms with Crippen molar-refractivity contribution in [2.75, 3.05) is 33.7 Å². The van der Waals surface area contributed by atoms with Crippen LogP contribution in [0.2, 0.25) is 0 Å². The Hall–Kier alpha value is -1.03. The third-order valence-corrected chi connectivity index (χ3v) is 2.18. The van der Waals surface area contributed by atoms with E-state index in [0.717, 1.165) is 6.54 Å². The number of hydrogen-bond acceptors (Lipinski definition) is 3. The molecular weight excluding hydrogens is 204 g/mol. The lowest BCUT2D eigenvalue weighted by Crippen LogP contribution is -2.47. The van der Waals surface area contributed by atoms with Crippen molar-refractivity contribution in [3.05, 3.63) is 11.6 Å². The van der Waals surface area contributed by atoms with Gasteiger partial charge >= 0.3 is 6.09 Å². The molecule has 0 spiro atoms. The number of carbonyl (C=O) groups is 1. The highest BCUT2D eigenvalue weighted by molar-refractivity contribution is 5.70. The van der Waals surface area contributed by atoms with Crippen LogP contribution in [0.25, 0.3) is 0 Å². The summed E-state index contributed by atoms with van der Waals surface area (Å²) in [4.78, 5) is 15.4. The predicted molar refractivity (Wildman–Crippen MR) is 64.4 cm³/mol. The number of carbonyl (C=O) groups excluding carboxylic acids is 1. The lowest BCUT2D eigenvalue weighted by molar-refractivity contribution is 0.0213. The molecule has 0 radical (unpaired) electrons. The van der Waals surface area contributed by atoms with Crippen LogP contribution in [-0.2, 0) is 4.74 Å². The molecule has 1 amide bonds. The van der Waals surface area contributed by atoms with E-state index in [4.69, 9.17) is 4.74 Å². The van der Waals surface area contributed by atoms with Crippen LogP contribution in [0, 0.1) is 0 Å². The van der Waals surface area contributed by atoms with Gasteiger partial charge in [0, 0.05) is 19.6 Å². The van der Waals surface area contributed by atoms with Crippen molar-refractivity contribution in [2.24, 2.45) is 0 Å². The van der Waals surface area contributed by atoms with Crippen molar-refractivity contribution < 1.29 is 9.53 Å². The highest BCUT2D eigenvalue weighted by Crippen LogP contribution is 2.18. The maximum absolute atomic E-state index is 11.6. The van der Waals surface area contributed by atoms with E-state index < -0.39 is 5.60 Å². The van der Waals surface area contributed by atoms with Crippen LogP contribution in [0.4, 0.5) is 4.79 Å². The molecule has 1 fully saturated rings. The normalized spacial score (nSPS) is 16.1. The maximum atomic E-state index is 11.6. The summed E-state index contributed by atoms with van der Waals surface area (Å²) in [7, 11) is 4.06. The monoisotopic (exact) mass is 226 g/mol. The Kier molecular flexibility index (Phi) is 3.97. The van der Waals surface area contributed by atoms with E-state index in [2.05, 4.69) is 11.0 Å². The quantitative estimate of drug-likeness (QED) is 0.672. The predicted octanol–water partition coefficient (Wildman–Crippen LogP) is 1.73. The first-order chi connectivity index (χ1) is 7.28. The number of amides is 1. The zero-order chi connectivity index (χ0) is 12.3. The zero-order valence-corrected chi connectivity index (χ0v) is 10.9. The molecule has 0 aliphatic carbocycles. The summed E-state index contributed by atoms with van der Waals surface area (Å²) < 4.78 is 5.26. The summed E-state index contributed by atoms with van der Waals surface area (Å²) in [5, 5.41) is 0. The van der Waals surface area contributed by atoms with Gasteiger partial charge in [-0.3, -0.25) is 0 Å². The smallest absolute Gasteiger partial charge is 0.410 e. The standard InChI is InChI=1S/C12H22N2O2/c1-12(2,3)16-11(15)14-8-10(9-14)6-7-13(4)5/h6H,7-9H2,1-5H3. The average Bonchev–Trinajstić information content (AvgIpc) is 1.96. The van der Waals surface area contributed by atoms with E-state index in [9.17, 15) is 4.79 Å². The Labute approximate surface area is 97.9 Å². The first-order valence-corrected chi connectivity index (χ1v) is 5.58. The van der Waals surface area contributed by atoms with Crippen molar-refractivity contribution in [3.63, 3.8) is 0 Å². The minimum absolute atomic E-state index is 0.213. The SMILES string of the molecule is CN(C)CC=C1CN(C(=O)OC(C)(C)C)C1. The largest absolute Gasteiger partial charge is 0.444 e. The fourth-order valence-electron chi connectivity index (χ4n) is 1.34. The zero-order valence-electron chi connectivity index (χ0n) is 10.9. The second-order valence-corrected chi connectivity index (χ2v) is 5.46. The molecule has 0 saturated carbocycles. The number of rotatable bonds is 2. The first-order valence-electron chi connectivity index (χ1n) is 5.58. The molecule has 1 aliphatic heterocycles. The fourth-order valence-corrected chi connectivity index (χ4v) is 1.34. The average molecular weight is 226 g/mol. The number of likely N-dealkylation sites (N-methyl/N-ethyl adjacent to an activating group) is 1. The molecule has 4 heteroatoms. The van der Waals surface area contributed by atoms with Gasteiger partial charge in [0.25, 0.3) is 0 Å². The summed E-state index contributed by atoms with van der Waals surface area (Å²) in [5.41, 5.74) is 0.903. The summed E-state index contributed by atoms with van der Waals surface area (Å²) in [6.07, 6.45) is 1.95. The molecule has 0 aromatic rings. The molecule has 0 atom stereocenters. The Morgan fingerprint density at radius 3 is 2.44 bits per heavy atom. The Morgan fingerprint density at radius 2 is 2.00 bits per heavy atom. The molecule has 1 aliphatic rings. The van der Waals surface area contributed by atoms with Gasteiger partial charge in [0.2, 0.25) is 0 Å². The topological polar surface area (TPSA) is 32.8 Å². The van der Waals surface area contributed by atoms with Crippen molar-refractivity contribution in [2.45, 2.75) is 26.4 Å². The van der Waals surface area contributed by atoms with Crippen molar-refractivity contribution in [1.29, 1.82) is 0 Å². The third kappa shape index (κ3) is 4.23. The fraction of sp³-hybridized carbons (Fsp3) is 0.750. The van der Waals surface area contributed by atoms with Crippen LogP contribution in [0.15, 0.2) is 11.6 Å². The maximum Gasteiger partial charge on any atom is 0.410 e. The summed E-state index contributed by atoms with van der Waals surface area (Å²) >= 11 is 0. The molecule has 0 bridgehead atoms.